The Morgan fingerprint density at radius 2 is 1.61 bits per heavy atom. The molecule has 1 saturated carbocycles. The highest BCUT2D eigenvalue weighted by Gasteiger charge is 2.56. The van der Waals surface area contributed by atoms with Gasteiger partial charge in [-0.05, 0) is 30.7 Å². The first-order valence-electron chi connectivity index (χ1n) is 8.88. The Bertz CT molecular complexity index is 1160. The molecule has 0 radical (unpaired) electrons. The summed E-state index contributed by atoms with van der Waals surface area (Å²) in [7, 11) is 0. The Labute approximate surface area is 197 Å². The molecule has 0 spiro atoms. The van der Waals surface area contributed by atoms with Gasteiger partial charge in [0.2, 0.25) is 5.91 Å². The second kappa shape index (κ2) is 9.32. The number of halogens is 8. The SMILES string of the molecule is O=C(Nc1ccc(F)c(NC(=O)C(F)F)c1F)c1cc(NC(=O)[C@H]2CC2(Cl)Cl)c(F)cc1Cl. The number of hydrogen-bond acceptors (Lipinski definition) is 3. The number of alkyl halides is 4. The summed E-state index contributed by atoms with van der Waals surface area (Å²) in [6.07, 6.45) is -3.41. The van der Waals surface area contributed by atoms with E-state index < -0.39 is 79.5 Å². The van der Waals surface area contributed by atoms with Crippen molar-refractivity contribution in [2.75, 3.05) is 16.0 Å². The van der Waals surface area contributed by atoms with Crippen molar-refractivity contribution in [2.24, 2.45) is 5.92 Å². The zero-order chi connectivity index (χ0) is 24.7. The van der Waals surface area contributed by atoms with Crippen LogP contribution in [0.5, 0.6) is 0 Å². The lowest BCUT2D eigenvalue weighted by Crippen LogP contribution is -2.22. The van der Waals surface area contributed by atoms with Crippen molar-refractivity contribution in [3.63, 3.8) is 0 Å². The summed E-state index contributed by atoms with van der Waals surface area (Å²) in [4.78, 5) is 35.7. The minimum atomic E-state index is -3.55. The molecule has 1 aliphatic carbocycles. The summed E-state index contributed by atoms with van der Waals surface area (Å²) in [5.41, 5.74) is -2.79. The van der Waals surface area contributed by atoms with Gasteiger partial charge >= 0.3 is 6.43 Å². The van der Waals surface area contributed by atoms with Crippen LogP contribution < -0.4 is 16.0 Å². The van der Waals surface area contributed by atoms with Crippen molar-refractivity contribution in [3.8, 4) is 0 Å². The molecule has 0 bridgehead atoms. The van der Waals surface area contributed by atoms with Crippen molar-refractivity contribution in [3.05, 3.63) is 52.3 Å². The van der Waals surface area contributed by atoms with Gasteiger partial charge in [0, 0.05) is 0 Å². The lowest BCUT2D eigenvalue weighted by molar-refractivity contribution is -0.126. The topological polar surface area (TPSA) is 87.3 Å². The highest BCUT2D eigenvalue weighted by atomic mass is 35.5. The van der Waals surface area contributed by atoms with Crippen LogP contribution in [0.15, 0.2) is 24.3 Å². The van der Waals surface area contributed by atoms with Crippen LogP contribution in [0.4, 0.5) is 39.0 Å². The molecular formula is C19H11Cl3F5N3O3. The number of hydrogen-bond donors (Lipinski definition) is 3. The number of anilines is 3. The quantitative estimate of drug-likeness (QED) is 0.348. The largest absolute Gasteiger partial charge is 0.323 e. The van der Waals surface area contributed by atoms with Crippen LogP contribution >= 0.6 is 34.8 Å². The minimum absolute atomic E-state index is 0.138. The van der Waals surface area contributed by atoms with Crippen molar-refractivity contribution < 1.29 is 36.3 Å². The summed E-state index contributed by atoms with van der Waals surface area (Å²) in [5, 5.41) is 5.16. The molecule has 2 aromatic rings. The maximum atomic E-state index is 14.5. The standard InChI is InChI=1S/C19H11Cl3F5N3O3/c20-8-4-10(24)12(29-17(32)7-5-19(7,21)22)3-6(8)16(31)28-11-2-1-9(23)14(13(11)25)30-18(33)15(26)27/h1-4,7,15H,5H2,(H,28,31)(H,29,32)(H,30,33)/t7-/m1/s1. The zero-order valence-corrected chi connectivity index (χ0v) is 18.2. The lowest BCUT2D eigenvalue weighted by Gasteiger charge is -2.14. The first kappa shape index (κ1) is 25.0. The molecule has 0 saturated heterocycles. The number of carbonyl (C=O) groups is 3. The van der Waals surface area contributed by atoms with Gasteiger partial charge in [0.1, 0.15) is 21.7 Å². The van der Waals surface area contributed by atoms with Gasteiger partial charge in [-0.3, -0.25) is 14.4 Å². The van der Waals surface area contributed by atoms with E-state index in [9.17, 15) is 36.3 Å². The summed E-state index contributed by atoms with van der Waals surface area (Å²) >= 11 is 17.4. The van der Waals surface area contributed by atoms with E-state index in [-0.39, 0.29) is 6.42 Å². The van der Waals surface area contributed by atoms with Gasteiger partial charge in [0.05, 0.1) is 27.9 Å². The van der Waals surface area contributed by atoms with Crippen molar-refractivity contribution in [1.82, 2.24) is 0 Å². The fraction of sp³-hybridized carbons (Fsp3) is 0.211. The molecule has 6 nitrogen and oxygen atoms in total. The van der Waals surface area contributed by atoms with Gasteiger partial charge in [-0.2, -0.15) is 8.78 Å². The monoisotopic (exact) mass is 529 g/mol. The molecule has 0 aromatic heterocycles. The van der Waals surface area contributed by atoms with E-state index in [1.807, 2.05) is 5.32 Å². The third-order valence-corrected chi connectivity index (χ3v) is 5.64. The molecule has 3 N–H and O–H groups in total. The van der Waals surface area contributed by atoms with Crippen LogP contribution in [-0.2, 0) is 9.59 Å². The van der Waals surface area contributed by atoms with E-state index in [2.05, 4.69) is 5.32 Å². The lowest BCUT2D eigenvalue weighted by atomic mass is 10.1. The molecule has 14 heteroatoms. The predicted molar refractivity (Wildman–Crippen MR) is 112 cm³/mol. The van der Waals surface area contributed by atoms with Crippen LogP contribution in [0.25, 0.3) is 0 Å². The highest BCUT2D eigenvalue weighted by molar-refractivity contribution is 6.52. The number of nitrogens with one attached hydrogen (secondary N) is 3. The van der Waals surface area contributed by atoms with Gasteiger partial charge in [0.15, 0.2) is 5.82 Å². The number of amides is 3. The van der Waals surface area contributed by atoms with E-state index in [1.165, 1.54) is 5.32 Å². The predicted octanol–water partition coefficient (Wildman–Crippen LogP) is 5.35. The van der Waals surface area contributed by atoms with Crippen LogP contribution in [-0.4, -0.2) is 28.5 Å². The molecule has 3 amide bonds. The number of carbonyl (C=O) groups excluding carboxylic acids is 3. The first-order chi connectivity index (χ1) is 15.3. The number of benzene rings is 2. The van der Waals surface area contributed by atoms with Crippen LogP contribution in [0.2, 0.25) is 5.02 Å². The maximum Gasteiger partial charge on any atom is 0.315 e. The fourth-order valence-electron chi connectivity index (χ4n) is 2.67. The molecule has 0 heterocycles. The molecule has 3 rings (SSSR count). The highest BCUT2D eigenvalue weighted by Crippen LogP contribution is 2.53. The van der Waals surface area contributed by atoms with Gasteiger partial charge < -0.3 is 16.0 Å². The smallest absolute Gasteiger partial charge is 0.315 e. The summed E-state index contributed by atoms with van der Waals surface area (Å²) in [5.74, 6) is -8.53. The molecule has 0 aliphatic heterocycles. The minimum Gasteiger partial charge on any atom is -0.323 e. The molecule has 2 aromatic carbocycles. The Morgan fingerprint density at radius 3 is 2.18 bits per heavy atom. The molecule has 1 atom stereocenters. The Balaban J connectivity index is 1.84. The molecule has 0 unspecified atom stereocenters. The third-order valence-electron chi connectivity index (χ3n) is 4.49. The van der Waals surface area contributed by atoms with Gasteiger partial charge in [0.25, 0.3) is 11.8 Å². The average molecular weight is 531 g/mol. The van der Waals surface area contributed by atoms with Gasteiger partial charge in [-0.15, -0.1) is 23.2 Å². The molecule has 1 fully saturated rings. The van der Waals surface area contributed by atoms with Gasteiger partial charge in [-0.25, -0.2) is 13.2 Å². The second-order valence-corrected chi connectivity index (χ2v) is 8.80. The third kappa shape index (κ3) is 5.48. The van der Waals surface area contributed by atoms with E-state index in [0.29, 0.717) is 12.1 Å². The summed E-state index contributed by atoms with van der Waals surface area (Å²) in [6.45, 7) is 0. The fourth-order valence-corrected chi connectivity index (χ4v) is 3.41. The average Bonchev–Trinajstić information content (AvgIpc) is 3.37. The molecule has 33 heavy (non-hydrogen) atoms. The molecule has 176 valence electrons. The second-order valence-electron chi connectivity index (χ2n) is 6.85. The normalized spacial score (nSPS) is 16.3. The molecular weight excluding hydrogens is 520 g/mol. The number of rotatable bonds is 6. The summed E-state index contributed by atoms with van der Waals surface area (Å²) < 4.78 is 66.0. The van der Waals surface area contributed by atoms with Gasteiger partial charge in [-0.1, -0.05) is 11.6 Å². The van der Waals surface area contributed by atoms with E-state index >= 15 is 0 Å². The zero-order valence-electron chi connectivity index (χ0n) is 15.9. The first-order valence-corrected chi connectivity index (χ1v) is 10.0. The Kier molecular flexibility index (Phi) is 7.06. The van der Waals surface area contributed by atoms with E-state index in [0.717, 1.165) is 12.1 Å². The summed E-state index contributed by atoms with van der Waals surface area (Å²) in [6, 6.07) is 2.94. The van der Waals surface area contributed by atoms with E-state index in [4.69, 9.17) is 34.8 Å². The Hall–Kier alpha value is -2.63. The van der Waals surface area contributed by atoms with E-state index in [1.54, 1.807) is 0 Å². The van der Waals surface area contributed by atoms with Crippen molar-refractivity contribution >= 4 is 69.6 Å². The van der Waals surface area contributed by atoms with Crippen molar-refractivity contribution in [1.29, 1.82) is 0 Å². The van der Waals surface area contributed by atoms with Crippen LogP contribution in [0.1, 0.15) is 16.8 Å². The van der Waals surface area contributed by atoms with Crippen molar-refractivity contribution in [2.45, 2.75) is 17.2 Å². The molecule has 1 aliphatic rings. The van der Waals surface area contributed by atoms with Crippen LogP contribution in [0, 0.1) is 23.4 Å². The Morgan fingerprint density at radius 1 is 0.970 bits per heavy atom. The maximum absolute atomic E-state index is 14.5. The van der Waals surface area contributed by atoms with Crippen LogP contribution in [0.3, 0.4) is 0 Å².